The van der Waals surface area contributed by atoms with Crippen molar-refractivity contribution in [3.05, 3.63) is 29.6 Å². The minimum Gasteiger partial charge on any atom is -0.491 e. The third-order valence-corrected chi connectivity index (χ3v) is 4.39. The molecule has 2 rings (SSSR count). The lowest BCUT2D eigenvalue weighted by Gasteiger charge is -2.20. The third-order valence-electron chi connectivity index (χ3n) is 4.39. The summed E-state index contributed by atoms with van der Waals surface area (Å²) in [7, 11) is 0. The average molecular weight is 378 g/mol. The van der Waals surface area contributed by atoms with Crippen LogP contribution in [0, 0.1) is 11.7 Å². The molecule has 0 saturated carbocycles. The third kappa shape index (κ3) is 6.12. The van der Waals surface area contributed by atoms with Gasteiger partial charge in [0.2, 0.25) is 5.91 Å². The number of halogens is 1. The van der Waals surface area contributed by atoms with Crippen LogP contribution >= 0.6 is 0 Å². The quantitative estimate of drug-likeness (QED) is 0.565. The zero-order valence-electron chi connectivity index (χ0n) is 16.7. The Bertz CT molecular complexity index is 663. The van der Waals surface area contributed by atoms with Crippen LogP contribution in [0.4, 0.5) is 4.39 Å². The van der Waals surface area contributed by atoms with E-state index in [0.717, 1.165) is 25.1 Å². The highest BCUT2D eigenvalue weighted by atomic mass is 19.1. The topological polar surface area (TPSA) is 66.0 Å². The summed E-state index contributed by atoms with van der Waals surface area (Å²) in [5.41, 5.74) is 0.774. The summed E-state index contributed by atoms with van der Waals surface area (Å²) in [6, 6.07) is 5.08. The van der Waals surface area contributed by atoms with Gasteiger partial charge in [0.25, 0.3) is 0 Å². The largest absolute Gasteiger partial charge is 0.491 e. The number of nitrogens with one attached hydrogen (secondary N) is 2. The van der Waals surface area contributed by atoms with Crippen molar-refractivity contribution in [3.63, 3.8) is 0 Å². The van der Waals surface area contributed by atoms with E-state index in [1.165, 1.54) is 6.07 Å². The van der Waals surface area contributed by atoms with E-state index in [2.05, 4.69) is 15.6 Å². The van der Waals surface area contributed by atoms with Gasteiger partial charge in [-0.3, -0.25) is 4.79 Å². The number of carbonyl (C=O) groups is 1. The maximum absolute atomic E-state index is 14.0. The molecule has 27 heavy (non-hydrogen) atoms. The summed E-state index contributed by atoms with van der Waals surface area (Å²) in [4.78, 5) is 18.6. The number of hydrogen-bond donors (Lipinski definition) is 2. The van der Waals surface area contributed by atoms with Gasteiger partial charge in [-0.05, 0) is 38.0 Å². The molecule has 1 aliphatic heterocycles. The van der Waals surface area contributed by atoms with Crippen LogP contribution in [0.25, 0.3) is 0 Å². The maximum Gasteiger partial charge on any atom is 0.225 e. The standard InChI is InChI=1S/C20H31FN4O2/c1-5-22-20(24-16-9-10-25(13-16)19(26)14(3)4)23-12-15-7-8-18(27-6-2)17(21)11-15/h7-8,11,14,16H,5-6,9-10,12-13H2,1-4H3,(H2,22,23,24). The molecule has 1 aromatic rings. The van der Waals surface area contributed by atoms with E-state index in [-0.39, 0.29) is 29.4 Å². The summed E-state index contributed by atoms with van der Waals surface area (Å²) in [6.07, 6.45) is 0.889. The second-order valence-electron chi connectivity index (χ2n) is 6.96. The Morgan fingerprint density at radius 2 is 2.19 bits per heavy atom. The molecule has 0 bridgehead atoms. The molecular weight excluding hydrogens is 347 g/mol. The number of nitrogens with zero attached hydrogens (tertiary/aromatic N) is 2. The summed E-state index contributed by atoms with van der Waals surface area (Å²) in [6.45, 7) is 10.6. The molecule has 2 N–H and O–H groups in total. The van der Waals surface area contributed by atoms with E-state index >= 15 is 0 Å². The highest BCUT2D eigenvalue weighted by Gasteiger charge is 2.27. The molecule has 1 aromatic carbocycles. The van der Waals surface area contributed by atoms with Gasteiger partial charge in [-0.1, -0.05) is 19.9 Å². The number of rotatable bonds is 7. The van der Waals surface area contributed by atoms with Crippen molar-refractivity contribution in [1.82, 2.24) is 15.5 Å². The summed E-state index contributed by atoms with van der Waals surface area (Å²) >= 11 is 0. The summed E-state index contributed by atoms with van der Waals surface area (Å²) in [5, 5.41) is 6.59. The fourth-order valence-corrected chi connectivity index (χ4v) is 3.04. The molecule has 1 atom stereocenters. The number of amides is 1. The Labute approximate surface area is 161 Å². The van der Waals surface area contributed by atoms with Gasteiger partial charge in [0.15, 0.2) is 17.5 Å². The van der Waals surface area contributed by atoms with E-state index in [0.29, 0.717) is 25.7 Å². The van der Waals surface area contributed by atoms with Gasteiger partial charge < -0.3 is 20.3 Å². The minimum atomic E-state index is -0.374. The molecule has 1 amide bonds. The number of benzene rings is 1. The highest BCUT2D eigenvalue weighted by molar-refractivity contribution is 5.81. The monoisotopic (exact) mass is 378 g/mol. The van der Waals surface area contributed by atoms with Crippen molar-refractivity contribution in [1.29, 1.82) is 0 Å². The molecule has 0 aromatic heterocycles. The maximum atomic E-state index is 14.0. The van der Waals surface area contributed by atoms with Gasteiger partial charge in [0.1, 0.15) is 0 Å². The van der Waals surface area contributed by atoms with Crippen LogP contribution in [-0.4, -0.2) is 49.0 Å². The second-order valence-corrected chi connectivity index (χ2v) is 6.96. The van der Waals surface area contributed by atoms with Crippen molar-refractivity contribution < 1.29 is 13.9 Å². The number of hydrogen-bond acceptors (Lipinski definition) is 3. The van der Waals surface area contributed by atoms with Gasteiger partial charge in [-0.25, -0.2) is 9.38 Å². The van der Waals surface area contributed by atoms with Gasteiger partial charge in [0, 0.05) is 31.6 Å². The van der Waals surface area contributed by atoms with Crippen molar-refractivity contribution in [3.8, 4) is 5.75 Å². The minimum absolute atomic E-state index is 0.0141. The molecule has 150 valence electrons. The number of guanidine groups is 1. The SMILES string of the molecule is CCNC(=NCc1ccc(OCC)c(F)c1)NC1CCN(C(=O)C(C)C)C1. The van der Waals surface area contributed by atoms with Crippen LogP contribution in [-0.2, 0) is 11.3 Å². The Balaban J connectivity index is 1.96. The van der Waals surface area contributed by atoms with Crippen LogP contribution in [0.3, 0.4) is 0 Å². The van der Waals surface area contributed by atoms with Crippen LogP contribution in [0.15, 0.2) is 23.2 Å². The van der Waals surface area contributed by atoms with Crippen LogP contribution in [0.1, 0.15) is 39.7 Å². The summed E-state index contributed by atoms with van der Waals surface area (Å²) in [5.74, 6) is 0.763. The molecule has 1 unspecified atom stereocenters. The van der Waals surface area contributed by atoms with Gasteiger partial charge >= 0.3 is 0 Å². The summed E-state index contributed by atoms with van der Waals surface area (Å²) < 4.78 is 19.2. The first kappa shape index (κ1) is 21.0. The molecular formula is C20H31FN4O2. The van der Waals surface area contributed by atoms with Crippen molar-refractivity contribution in [2.24, 2.45) is 10.9 Å². The van der Waals surface area contributed by atoms with Gasteiger partial charge in [0.05, 0.1) is 13.2 Å². The molecule has 0 radical (unpaired) electrons. The lowest BCUT2D eigenvalue weighted by atomic mass is 10.2. The average Bonchev–Trinajstić information content (AvgIpc) is 3.09. The molecule has 0 spiro atoms. The molecule has 1 heterocycles. The zero-order chi connectivity index (χ0) is 19.8. The fraction of sp³-hybridized carbons (Fsp3) is 0.600. The first-order valence-electron chi connectivity index (χ1n) is 9.69. The van der Waals surface area contributed by atoms with Crippen LogP contribution in [0.2, 0.25) is 0 Å². The van der Waals surface area contributed by atoms with Crippen molar-refractivity contribution in [2.75, 3.05) is 26.2 Å². The zero-order valence-corrected chi connectivity index (χ0v) is 16.7. The lowest BCUT2D eigenvalue weighted by Crippen LogP contribution is -2.45. The van der Waals surface area contributed by atoms with Crippen LogP contribution < -0.4 is 15.4 Å². The number of carbonyl (C=O) groups excluding carboxylic acids is 1. The molecule has 1 aliphatic rings. The first-order valence-corrected chi connectivity index (χ1v) is 9.69. The highest BCUT2D eigenvalue weighted by Crippen LogP contribution is 2.19. The molecule has 0 aliphatic carbocycles. The Kier molecular flexibility index (Phi) is 7.88. The predicted molar refractivity (Wildman–Crippen MR) is 105 cm³/mol. The second kappa shape index (κ2) is 10.1. The Morgan fingerprint density at radius 3 is 2.81 bits per heavy atom. The van der Waals surface area contributed by atoms with Crippen molar-refractivity contribution in [2.45, 2.75) is 46.7 Å². The Morgan fingerprint density at radius 1 is 1.41 bits per heavy atom. The normalized spacial score (nSPS) is 17.3. The lowest BCUT2D eigenvalue weighted by molar-refractivity contribution is -0.133. The molecule has 6 nitrogen and oxygen atoms in total. The molecule has 1 fully saturated rings. The Hall–Kier alpha value is -2.31. The van der Waals surface area contributed by atoms with E-state index in [1.807, 2.05) is 38.7 Å². The van der Waals surface area contributed by atoms with Gasteiger partial charge in [-0.2, -0.15) is 0 Å². The number of ether oxygens (including phenoxy) is 1. The first-order chi connectivity index (χ1) is 12.9. The van der Waals surface area contributed by atoms with Crippen molar-refractivity contribution >= 4 is 11.9 Å². The number of likely N-dealkylation sites (tertiary alicyclic amines) is 1. The van der Waals surface area contributed by atoms with E-state index in [1.54, 1.807) is 6.07 Å². The molecule has 7 heteroatoms. The van der Waals surface area contributed by atoms with Crippen LogP contribution in [0.5, 0.6) is 5.75 Å². The van der Waals surface area contributed by atoms with Gasteiger partial charge in [-0.15, -0.1) is 0 Å². The predicted octanol–water partition coefficient (Wildman–Crippen LogP) is 2.54. The van der Waals surface area contributed by atoms with E-state index < -0.39 is 0 Å². The van der Waals surface area contributed by atoms with E-state index in [9.17, 15) is 9.18 Å². The van der Waals surface area contributed by atoms with E-state index in [4.69, 9.17) is 4.74 Å². The molecule has 1 saturated heterocycles. The smallest absolute Gasteiger partial charge is 0.225 e. The number of aliphatic imine (C=N–C) groups is 1. The fourth-order valence-electron chi connectivity index (χ4n) is 3.04.